The molecule has 0 aromatic heterocycles. The molecule has 18 heteroatoms. The standard InChI is InChI=1S/C48H74N8O10/c1-4-31(2)42(46(63)54-36(44(50)61)28-34-24-26-35(49)27-25-34)56-47(64)43(32(3)57)55-40(59)23-19-14-12-10-8-6-5-7-9-11-13-18-22-39(58)52-37(45(51)62)30-41(60)53-38(48(65)66)29-33-20-16-15-17-21-33/h15-17,20-21,24-27,31-32,36-38,42-43,57H,4-14,18-19,22-23,28-30,49H2,1-3H3,(H2,50,61)(H2,51,62)(H,52,58)(H,53,60)(H,54,63)(H,55,59)(H,56,64)(H,65,66)/t31-,32-,36-,37+,38-,42+,43-/m0/s1. The van der Waals surface area contributed by atoms with E-state index in [0.717, 1.165) is 75.3 Å². The largest absolute Gasteiger partial charge is 0.480 e. The zero-order valence-electron chi connectivity index (χ0n) is 38.9. The summed E-state index contributed by atoms with van der Waals surface area (Å²) in [6.07, 6.45) is 10.4. The molecule has 0 bridgehead atoms. The SMILES string of the molecule is CC[C@H](C)[C@@H](NC(=O)[C@@H](NC(=O)CCCCCCCCCCCCCCC(=O)N[C@H](CC(=O)N[C@@H](Cc1ccccc1)C(=O)O)C(N)=O)[C@H](C)O)C(=O)N[C@@H](Cc1ccc(N)cc1)C(N)=O. The van der Waals surface area contributed by atoms with E-state index in [4.69, 9.17) is 17.2 Å². The Morgan fingerprint density at radius 3 is 1.44 bits per heavy atom. The number of hydrogen-bond acceptors (Lipinski definition) is 10. The molecule has 0 radical (unpaired) electrons. The van der Waals surface area contributed by atoms with Crippen LogP contribution in [0.3, 0.4) is 0 Å². The summed E-state index contributed by atoms with van der Waals surface area (Å²) in [6, 6.07) is 9.74. The summed E-state index contributed by atoms with van der Waals surface area (Å²) in [6.45, 7) is 5.00. The number of benzene rings is 2. The van der Waals surface area contributed by atoms with Crippen LogP contribution >= 0.6 is 0 Å². The third-order valence-electron chi connectivity index (χ3n) is 11.5. The quantitative estimate of drug-likeness (QED) is 0.0360. The molecule has 13 N–H and O–H groups in total. The highest BCUT2D eigenvalue weighted by atomic mass is 16.4. The average molecular weight is 923 g/mol. The highest BCUT2D eigenvalue weighted by molar-refractivity contribution is 5.95. The summed E-state index contributed by atoms with van der Waals surface area (Å²) in [5, 5.41) is 32.8. The van der Waals surface area contributed by atoms with Crippen molar-refractivity contribution >= 4 is 53.0 Å². The van der Waals surface area contributed by atoms with Gasteiger partial charge in [0.25, 0.3) is 0 Å². The Morgan fingerprint density at radius 2 is 0.970 bits per heavy atom. The topological polar surface area (TPSA) is 315 Å². The molecule has 0 saturated heterocycles. The summed E-state index contributed by atoms with van der Waals surface area (Å²) in [4.78, 5) is 100. The van der Waals surface area contributed by atoms with Crippen LogP contribution in [-0.4, -0.2) is 93.8 Å². The second-order valence-corrected chi connectivity index (χ2v) is 17.2. The van der Waals surface area contributed by atoms with Crippen molar-refractivity contribution in [2.75, 3.05) is 5.73 Å². The van der Waals surface area contributed by atoms with Crippen molar-refractivity contribution in [2.24, 2.45) is 17.4 Å². The van der Waals surface area contributed by atoms with Crippen LogP contribution in [0.4, 0.5) is 5.69 Å². The number of amides is 7. The Bertz CT molecular complexity index is 1850. The molecule has 0 aliphatic heterocycles. The molecule has 366 valence electrons. The van der Waals surface area contributed by atoms with Gasteiger partial charge in [-0.15, -0.1) is 0 Å². The van der Waals surface area contributed by atoms with Crippen molar-refractivity contribution in [2.45, 2.75) is 173 Å². The molecule has 0 unspecified atom stereocenters. The molecule has 66 heavy (non-hydrogen) atoms. The molecule has 7 amide bonds. The predicted molar refractivity (Wildman–Crippen MR) is 251 cm³/mol. The number of primary amides is 2. The van der Waals surface area contributed by atoms with Gasteiger partial charge in [0.2, 0.25) is 41.4 Å². The minimum absolute atomic E-state index is 0.0603. The first-order valence-electron chi connectivity index (χ1n) is 23.3. The number of aliphatic hydroxyl groups excluding tert-OH is 1. The van der Waals surface area contributed by atoms with Gasteiger partial charge in [-0.05, 0) is 48.9 Å². The predicted octanol–water partition coefficient (Wildman–Crippen LogP) is 2.81. The van der Waals surface area contributed by atoms with E-state index in [1.165, 1.54) is 6.92 Å². The molecule has 0 aliphatic carbocycles. The molecule has 2 aromatic rings. The molecular formula is C48H74N8O10. The lowest BCUT2D eigenvalue weighted by Gasteiger charge is -2.28. The monoisotopic (exact) mass is 923 g/mol. The molecule has 0 heterocycles. The van der Waals surface area contributed by atoms with E-state index >= 15 is 0 Å². The number of carboxylic acids is 1. The van der Waals surface area contributed by atoms with E-state index in [9.17, 15) is 48.6 Å². The van der Waals surface area contributed by atoms with Crippen molar-refractivity contribution in [1.82, 2.24) is 26.6 Å². The van der Waals surface area contributed by atoms with Crippen LogP contribution in [0.5, 0.6) is 0 Å². The van der Waals surface area contributed by atoms with Crippen molar-refractivity contribution in [3.8, 4) is 0 Å². The molecule has 0 aliphatic rings. The smallest absolute Gasteiger partial charge is 0.326 e. The number of carbonyl (C=O) groups excluding carboxylic acids is 7. The van der Waals surface area contributed by atoms with E-state index in [0.29, 0.717) is 24.9 Å². The number of aliphatic carboxylic acids is 1. The second-order valence-electron chi connectivity index (χ2n) is 17.2. The number of nitrogen functional groups attached to an aromatic ring is 1. The average Bonchev–Trinajstić information content (AvgIpc) is 3.27. The Morgan fingerprint density at radius 1 is 0.530 bits per heavy atom. The van der Waals surface area contributed by atoms with Gasteiger partial charge in [0, 0.05) is 31.4 Å². The fraction of sp³-hybridized carbons (Fsp3) is 0.583. The van der Waals surface area contributed by atoms with Gasteiger partial charge in [-0.1, -0.05) is 127 Å². The van der Waals surface area contributed by atoms with Gasteiger partial charge in [0.1, 0.15) is 30.2 Å². The molecule has 0 fully saturated rings. The number of nitrogens with one attached hydrogen (secondary N) is 5. The summed E-state index contributed by atoms with van der Waals surface area (Å²) in [5.41, 5.74) is 18.8. The number of hydrogen-bond donors (Lipinski definition) is 10. The number of anilines is 1. The summed E-state index contributed by atoms with van der Waals surface area (Å²) in [7, 11) is 0. The lowest BCUT2D eigenvalue weighted by Crippen LogP contribution is -2.60. The lowest BCUT2D eigenvalue weighted by molar-refractivity contribution is -0.142. The van der Waals surface area contributed by atoms with Gasteiger partial charge in [-0.25, -0.2) is 4.79 Å². The first-order chi connectivity index (χ1) is 31.4. The minimum atomic E-state index is -1.29. The Balaban J connectivity index is 1.60. The first kappa shape index (κ1) is 56.1. The van der Waals surface area contributed by atoms with Gasteiger partial charge in [0.05, 0.1) is 12.5 Å². The number of carboxylic acid groups (broad SMARTS) is 1. The third kappa shape index (κ3) is 22.7. The summed E-state index contributed by atoms with van der Waals surface area (Å²) >= 11 is 0. The Kier molecular flexibility index (Phi) is 26.3. The van der Waals surface area contributed by atoms with Gasteiger partial charge in [0.15, 0.2) is 0 Å². The van der Waals surface area contributed by atoms with Crippen LogP contribution in [0, 0.1) is 5.92 Å². The van der Waals surface area contributed by atoms with E-state index in [2.05, 4.69) is 26.6 Å². The van der Waals surface area contributed by atoms with Crippen molar-refractivity contribution in [3.63, 3.8) is 0 Å². The van der Waals surface area contributed by atoms with Crippen molar-refractivity contribution in [1.29, 1.82) is 0 Å². The fourth-order valence-corrected chi connectivity index (χ4v) is 7.29. The van der Waals surface area contributed by atoms with E-state index < -0.39 is 84.1 Å². The number of rotatable bonds is 34. The van der Waals surface area contributed by atoms with Crippen molar-refractivity contribution in [3.05, 3.63) is 65.7 Å². The molecule has 0 saturated carbocycles. The van der Waals surface area contributed by atoms with E-state index in [1.54, 1.807) is 61.5 Å². The maximum Gasteiger partial charge on any atom is 0.326 e. The number of nitrogens with two attached hydrogens (primary N) is 3. The lowest BCUT2D eigenvalue weighted by atomic mass is 9.96. The molecule has 2 aromatic carbocycles. The van der Waals surface area contributed by atoms with Crippen LogP contribution in [0.25, 0.3) is 0 Å². The van der Waals surface area contributed by atoms with Gasteiger partial charge >= 0.3 is 5.97 Å². The normalized spacial score (nSPS) is 14.2. The number of unbranched alkanes of at least 4 members (excludes halogenated alkanes) is 11. The maximum atomic E-state index is 13.4. The van der Waals surface area contributed by atoms with Crippen LogP contribution in [0.15, 0.2) is 54.6 Å². The van der Waals surface area contributed by atoms with Crippen LogP contribution < -0.4 is 43.8 Å². The Labute approximate surface area is 388 Å². The van der Waals surface area contributed by atoms with Crippen LogP contribution in [0.1, 0.15) is 135 Å². The zero-order chi connectivity index (χ0) is 49.0. The molecule has 7 atom stereocenters. The van der Waals surface area contributed by atoms with Crippen molar-refractivity contribution < 1.29 is 48.6 Å². The molecule has 0 spiro atoms. The van der Waals surface area contributed by atoms with Gasteiger partial charge in [-0.3, -0.25) is 33.6 Å². The van der Waals surface area contributed by atoms with E-state index in [-0.39, 0.29) is 37.5 Å². The van der Waals surface area contributed by atoms with E-state index in [1.807, 2.05) is 6.92 Å². The fourth-order valence-electron chi connectivity index (χ4n) is 7.29. The molecular weight excluding hydrogens is 849 g/mol. The molecule has 2 rings (SSSR count). The number of carbonyl (C=O) groups is 8. The highest BCUT2D eigenvalue weighted by Crippen LogP contribution is 2.15. The van der Waals surface area contributed by atoms with Crippen LogP contribution in [0.2, 0.25) is 0 Å². The van der Waals surface area contributed by atoms with Crippen LogP contribution in [-0.2, 0) is 51.2 Å². The highest BCUT2D eigenvalue weighted by Gasteiger charge is 2.34. The summed E-state index contributed by atoms with van der Waals surface area (Å²) < 4.78 is 0. The first-order valence-corrected chi connectivity index (χ1v) is 23.3. The Hall–Kier alpha value is -6.04. The maximum absolute atomic E-state index is 13.4. The summed E-state index contributed by atoms with van der Waals surface area (Å²) in [5.74, 6) is -6.03. The van der Waals surface area contributed by atoms with Gasteiger partial charge < -0.3 is 54.0 Å². The zero-order valence-corrected chi connectivity index (χ0v) is 38.9. The third-order valence-corrected chi connectivity index (χ3v) is 11.5. The minimum Gasteiger partial charge on any atom is -0.480 e. The number of aliphatic hydroxyl groups is 1. The molecule has 18 nitrogen and oxygen atoms in total. The second kappa shape index (κ2) is 31.0. The van der Waals surface area contributed by atoms with Gasteiger partial charge in [-0.2, -0.15) is 0 Å².